The van der Waals surface area contributed by atoms with E-state index in [0.717, 1.165) is 11.1 Å². The molecule has 0 atom stereocenters. The first-order valence-corrected chi connectivity index (χ1v) is 21.5. The van der Waals surface area contributed by atoms with E-state index in [9.17, 15) is 30.4 Å². The average molecular weight is 815 g/mol. The number of halogens is 9. The fraction of sp³-hybridized carbons (Fsp3) is 0.550. The molecule has 0 saturated heterocycles. The van der Waals surface area contributed by atoms with Crippen LogP contribution in [0.3, 0.4) is 0 Å². The Morgan fingerprint density at radius 1 is 0.500 bits per heavy atom. The summed E-state index contributed by atoms with van der Waals surface area (Å²) in [7, 11) is -11.6. The second kappa shape index (κ2) is 18.0. The molecule has 304 valence electrons. The van der Waals surface area contributed by atoms with Gasteiger partial charge in [0.05, 0.1) is 0 Å². The molecule has 3 aromatic rings. The predicted octanol–water partition coefficient (Wildman–Crippen LogP) is 13.4. The molecule has 14 heteroatoms. The summed E-state index contributed by atoms with van der Waals surface area (Å²) < 4.78 is 165. The van der Waals surface area contributed by atoms with Crippen molar-refractivity contribution in [3.8, 4) is 0 Å². The van der Waals surface area contributed by atoms with Crippen molar-refractivity contribution < 1.29 is 51.6 Å². The van der Waals surface area contributed by atoms with Gasteiger partial charge in [-0.25, -0.2) is 3.63 Å². The van der Waals surface area contributed by atoms with Crippen molar-refractivity contribution in [1.29, 1.82) is 0 Å². The third kappa shape index (κ3) is 8.65. The quantitative estimate of drug-likeness (QED) is 0.107. The Hall–Kier alpha value is -2.71. The summed E-state index contributed by atoms with van der Waals surface area (Å²) in [5.41, 5.74) is 3.64. The largest absolute Gasteiger partial charge is 0.460 e. The molecule has 0 N–H and O–H groups in total. The van der Waals surface area contributed by atoms with Crippen LogP contribution in [0.4, 0.5) is 39.5 Å². The Morgan fingerprint density at radius 2 is 0.833 bits per heavy atom. The van der Waals surface area contributed by atoms with E-state index < -0.39 is 43.7 Å². The summed E-state index contributed by atoms with van der Waals surface area (Å²) in [6, 6.07) is 14.5. The smallest absolute Gasteiger partial charge is 0.202 e. The van der Waals surface area contributed by atoms with Gasteiger partial charge in [0, 0.05) is 14.7 Å². The highest BCUT2D eigenvalue weighted by molar-refractivity contribution is 8.33. The maximum Gasteiger partial charge on any atom is 0.460 e. The van der Waals surface area contributed by atoms with Crippen LogP contribution in [0.25, 0.3) is 0 Å². The minimum absolute atomic E-state index is 0.0221. The van der Waals surface area contributed by atoms with Crippen LogP contribution >= 0.6 is 10.3 Å². The fourth-order valence-corrected chi connectivity index (χ4v) is 12.9. The van der Waals surface area contributed by atoms with E-state index in [0.29, 0.717) is 73.6 Å². The molecule has 0 spiro atoms. The zero-order valence-corrected chi connectivity index (χ0v) is 33.3. The Balaban J connectivity index is 2.80. The molecule has 0 bridgehead atoms. The summed E-state index contributed by atoms with van der Waals surface area (Å²) in [6.45, 7) is 11.3. The van der Waals surface area contributed by atoms with Crippen molar-refractivity contribution in [2.45, 2.75) is 157 Å². The molecule has 0 radical (unpaired) electrons. The molecule has 0 aliphatic rings. The fourth-order valence-electron chi connectivity index (χ4n) is 6.83. The highest BCUT2D eigenvalue weighted by atomic mass is 32.3. The SMILES string of the molecule is CCCc1cc(CCC)c(S(OS(=O)(=O)C(F)(F)C(F)(F)C(F)(F)C(F)(F)F)(c2ccccc2)c2c(CCC)cc(CCC)cc2CCC)c(CCC)c1. The molecule has 0 aliphatic carbocycles. The van der Waals surface area contributed by atoms with Crippen LogP contribution in [0.1, 0.15) is 113 Å². The van der Waals surface area contributed by atoms with E-state index in [4.69, 9.17) is 3.63 Å². The van der Waals surface area contributed by atoms with Crippen molar-refractivity contribution in [2.24, 2.45) is 0 Å². The van der Waals surface area contributed by atoms with Crippen molar-refractivity contribution in [3.05, 3.63) is 88.0 Å². The molecule has 0 amide bonds. The molecular formula is C40H51F9O3S2. The summed E-state index contributed by atoms with van der Waals surface area (Å²) in [6.07, 6.45) is -1.72. The number of hydrogen-bond donors (Lipinski definition) is 0. The first-order valence-electron chi connectivity index (χ1n) is 18.5. The zero-order valence-electron chi connectivity index (χ0n) is 31.6. The monoisotopic (exact) mass is 814 g/mol. The Labute approximate surface area is 315 Å². The van der Waals surface area contributed by atoms with Gasteiger partial charge in [0.25, 0.3) is 0 Å². The van der Waals surface area contributed by atoms with Crippen LogP contribution in [0.15, 0.2) is 69.3 Å². The normalized spacial score (nSPS) is 13.8. The predicted molar refractivity (Wildman–Crippen MR) is 197 cm³/mol. The van der Waals surface area contributed by atoms with Crippen LogP contribution < -0.4 is 0 Å². The third-order valence-electron chi connectivity index (χ3n) is 9.03. The molecule has 3 nitrogen and oxygen atoms in total. The highest BCUT2D eigenvalue weighted by Gasteiger charge is 2.86. The van der Waals surface area contributed by atoms with Gasteiger partial charge in [0.1, 0.15) is 0 Å². The molecule has 0 unspecified atom stereocenters. The number of rotatable bonds is 20. The molecule has 54 heavy (non-hydrogen) atoms. The number of aryl methyl sites for hydroxylation is 6. The standard InChI is InChI=1S/C40H51F9O3S2/c1-7-16-28-24-30(18-9-3)35(31(25-28)19-10-4)53(34-22-14-13-15-23-34,36-32(20-11-5)26-29(17-8-2)27-33(36)21-12-6)52-54(50,51)40(48,49)38(43,44)37(41,42)39(45,46)47/h13-15,22-27H,7-12,16-21H2,1-6H3. The van der Waals surface area contributed by atoms with E-state index >= 15 is 17.6 Å². The van der Waals surface area contributed by atoms with E-state index in [1.165, 1.54) is 24.3 Å². The Bertz CT molecular complexity index is 1690. The molecule has 0 saturated carbocycles. The molecule has 3 aromatic carbocycles. The Kier molecular flexibility index (Phi) is 15.3. The van der Waals surface area contributed by atoms with Crippen LogP contribution in [-0.2, 0) is 52.3 Å². The van der Waals surface area contributed by atoms with Crippen molar-refractivity contribution in [2.75, 3.05) is 0 Å². The van der Waals surface area contributed by atoms with Crippen LogP contribution in [-0.4, -0.2) is 31.7 Å². The van der Waals surface area contributed by atoms with Crippen molar-refractivity contribution in [3.63, 3.8) is 0 Å². The molecular weight excluding hydrogens is 764 g/mol. The molecule has 0 heterocycles. The lowest BCUT2D eigenvalue weighted by Gasteiger charge is -2.45. The van der Waals surface area contributed by atoms with Crippen molar-refractivity contribution >= 4 is 20.4 Å². The van der Waals surface area contributed by atoms with Gasteiger partial charge >= 0.3 is 33.4 Å². The first kappa shape index (κ1) is 45.7. The summed E-state index contributed by atoms with van der Waals surface area (Å²) in [4.78, 5) is 0.257. The van der Waals surface area contributed by atoms with E-state index in [1.54, 1.807) is 30.3 Å². The van der Waals surface area contributed by atoms with E-state index in [-0.39, 0.29) is 40.4 Å². The minimum atomic E-state index is -7.47. The highest BCUT2D eigenvalue weighted by Crippen LogP contribution is 2.74. The van der Waals surface area contributed by atoms with Gasteiger partial charge in [-0.15, -0.1) is 0 Å². The van der Waals surface area contributed by atoms with Gasteiger partial charge in [-0.2, -0.15) is 47.9 Å². The van der Waals surface area contributed by atoms with E-state index in [1.807, 2.05) is 41.5 Å². The van der Waals surface area contributed by atoms with Gasteiger partial charge in [0.15, 0.2) is 0 Å². The minimum Gasteiger partial charge on any atom is -0.202 e. The lowest BCUT2D eigenvalue weighted by atomic mass is 9.97. The number of hydrogen-bond acceptors (Lipinski definition) is 3. The lowest BCUT2D eigenvalue weighted by molar-refractivity contribution is -0.382. The summed E-state index contributed by atoms with van der Waals surface area (Å²) in [5.74, 6) is -14.9. The number of benzene rings is 3. The van der Waals surface area contributed by atoms with E-state index in [2.05, 4.69) is 0 Å². The lowest BCUT2D eigenvalue weighted by Crippen LogP contribution is -2.63. The summed E-state index contributed by atoms with van der Waals surface area (Å²) >= 11 is 0. The van der Waals surface area contributed by atoms with Gasteiger partial charge in [-0.1, -0.05) is 123 Å². The molecule has 3 rings (SSSR count). The zero-order chi connectivity index (χ0) is 40.8. The van der Waals surface area contributed by atoms with Crippen LogP contribution in [0.5, 0.6) is 0 Å². The van der Waals surface area contributed by atoms with Crippen LogP contribution in [0, 0.1) is 0 Å². The van der Waals surface area contributed by atoms with Crippen molar-refractivity contribution in [1.82, 2.24) is 0 Å². The van der Waals surface area contributed by atoms with Gasteiger partial charge in [-0.05, 0) is 94.3 Å². The second-order valence-corrected chi connectivity index (χ2v) is 17.9. The maximum absolute atomic E-state index is 16.0. The molecule has 0 aliphatic heterocycles. The first-order chi connectivity index (χ1) is 25.2. The second-order valence-electron chi connectivity index (χ2n) is 13.5. The Morgan fingerprint density at radius 3 is 1.13 bits per heavy atom. The molecule has 0 fully saturated rings. The van der Waals surface area contributed by atoms with Gasteiger partial charge in [0.2, 0.25) is 0 Å². The molecule has 0 aromatic heterocycles. The number of alkyl halides is 9. The average Bonchev–Trinajstić information content (AvgIpc) is 3.08. The maximum atomic E-state index is 16.0. The van der Waals surface area contributed by atoms with Crippen LogP contribution in [0.2, 0.25) is 0 Å². The topological polar surface area (TPSA) is 43.4 Å². The third-order valence-corrected chi connectivity index (χ3v) is 14.6. The van der Waals surface area contributed by atoms with Gasteiger partial charge < -0.3 is 0 Å². The summed E-state index contributed by atoms with van der Waals surface area (Å²) in [5, 5.41) is -7.05. The van der Waals surface area contributed by atoms with Gasteiger partial charge in [-0.3, -0.25) is 0 Å².